The smallest absolute Gasteiger partial charge is 0.160 e. The molecule has 0 unspecified atom stereocenters. The Morgan fingerprint density at radius 1 is 1.20 bits per heavy atom. The van der Waals surface area contributed by atoms with Gasteiger partial charge >= 0.3 is 0 Å². The van der Waals surface area contributed by atoms with Crippen LogP contribution in [-0.2, 0) is 0 Å². The molecule has 0 amide bonds. The van der Waals surface area contributed by atoms with Gasteiger partial charge in [0.15, 0.2) is 5.78 Å². The molecular formula is C18H26O2. The number of aryl methyl sites for hydroxylation is 1. The van der Waals surface area contributed by atoms with Crippen molar-refractivity contribution in [3.05, 3.63) is 28.8 Å². The van der Waals surface area contributed by atoms with Crippen LogP contribution in [0.4, 0.5) is 0 Å². The van der Waals surface area contributed by atoms with E-state index in [1.165, 1.54) is 37.7 Å². The number of benzene rings is 1. The molecule has 0 aromatic heterocycles. The van der Waals surface area contributed by atoms with Gasteiger partial charge in [-0.05, 0) is 63.6 Å². The van der Waals surface area contributed by atoms with Crippen molar-refractivity contribution >= 4 is 5.78 Å². The number of carbonyl (C=O) groups is 1. The Balaban J connectivity index is 2.39. The van der Waals surface area contributed by atoms with Crippen LogP contribution >= 0.6 is 0 Å². The zero-order valence-corrected chi connectivity index (χ0v) is 13.2. The molecule has 0 atom stereocenters. The number of Topliss-reactive ketones (excluding diaryl/α,β-unsaturated/α-hetero) is 1. The lowest BCUT2D eigenvalue weighted by molar-refractivity contribution is 0.101. The molecule has 1 fully saturated rings. The number of hydrogen-bond acceptors (Lipinski definition) is 2. The fraction of sp³-hybridized carbons (Fsp3) is 0.611. The standard InChI is InChI=1S/C18H26O2/c1-12(2)20-18-11-16(14(4)19)17(10-13(18)3)15-8-6-5-7-9-15/h10-12,15H,5-9H2,1-4H3. The maximum absolute atomic E-state index is 12.0. The van der Waals surface area contributed by atoms with E-state index in [0.717, 1.165) is 16.9 Å². The van der Waals surface area contributed by atoms with Crippen LogP contribution in [0.1, 0.15) is 80.3 Å². The van der Waals surface area contributed by atoms with Gasteiger partial charge in [-0.2, -0.15) is 0 Å². The van der Waals surface area contributed by atoms with Crippen molar-refractivity contribution in [3.8, 4) is 5.75 Å². The van der Waals surface area contributed by atoms with Gasteiger partial charge in [0.05, 0.1) is 6.10 Å². The summed E-state index contributed by atoms with van der Waals surface area (Å²) < 4.78 is 5.83. The normalized spacial score (nSPS) is 16.4. The van der Waals surface area contributed by atoms with Crippen LogP contribution in [-0.4, -0.2) is 11.9 Å². The van der Waals surface area contributed by atoms with Crippen molar-refractivity contribution in [1.29, 1.82) is 0 Å². The summed E-state index contributed by atoms with van der Waals surface area (Å²) in [6, 6.07) is 4.14. The first kappa shape index (κ1) is 15.1. The van der Waals surface area contributed by atoms with Gasteiger partial charge in [-0.15, -0.1) is 0 Å². The van der Waals surface area contributed by atoms with Crippen LogP contribution in [0.3, 0.4) is 0 Å². The fourth-order valence-electron chi connectivity index (χ4n) is 3.15. The molecule has 110 valence electrons. The Hall–Kier alpha value is -1.31. The van der Waals surface area contributed by atoms with E-state index < -0.39 is 0 Å². The topological polar surface area (TPSA) is 26.3 Å². The van der Waals surface area contributed by atoms with E-state index in [2.05, 4.69) is 13.0 Å². The average molecular weight is 274 g/mol. The quantitative estimate of drug-likeness (QED) is 0.720. The molecule has 0 radical (unpaired) electrons. The summed E-state index contributed by atoms with van der Waals surface area (Å²) in [5, 5.41) is 0. The van der Waals surface area contributed by atoms with Gasteiger partial charge in [0.2, 0.25) is 0 Å². The van der Waals surface area contributed by atoms with Crippen molar-refractivity contribution in [3.63, 3.8) is 0 Å². The summed E-state index contributed by atoms with van der Waals surface area (Å²) in [7, 11) is 0. The number of hydrogen-bond donors (Lipinski definition) is 0. The highest BCUT2D eigenvalue weighted by molar-refractivity contribution is 5.96. The highest BCUT2D eigenvalue weighted by atomic mass is 16.5. The Bertz CT molecular complexity index is 482. The van der Waals surface area contributed by atoms with Gasteiger partial charge in [-0.1, -0.05) is 25.3 Å². The molecule has 2 nitrogen and oxygen atoms in total. The fourth-order valence-corrected chi connectivity index (χ4v) is 3.15. The molecule has 1 aliphatic rings. The summed E-state index contributed by atoms with van der Waals surface area (Å²) >= 11 is 0. The van der Waals surface area contributed by atoms with E-state index >= 15 is 0 Å². The largest absolute Gasteiger partial charge is 0.491 e. The van der Waals surface area contributed by atoms with E-state index in [4.69, 9.17) is 4.74 Å². The van der Waals surface area contributed by atoms with E-state index in [1.54, 1.807) is 6.92 Å². The SMILES string of the molecule is CC(=O)c1cc(OC(C)C)c(C)cc1C1CCCCC1. The second kappa shape index (κ2) is 6.43. The molecule has 0 saturated heterocycles. The lowest BCUT2D eigenvalue weighted by atomic mass is 9.81. The lowest BCUT2D eigenvalue weighted by Gasteiger charge is -2.25. The van der Waals surface area contributed by atoms with Crippen molar-refractivity contribution in [1.82, 2.24) is 0 Å². The third kappa shape index (κ3) is 3.41. The maximum atomic E-state index is 12.0. The molecule has 1 aromatic rings. The molecule has 20 heavy (non-hydrogen) atoms. The molecule has 1 aromatic carbocycles. The molecule has 1 saturated carbocycles. The second-order valence-electron chi connectivity index (χ2n) is 6.26. The zero-order valence-electron chi connectivity index (χ0n) is 13.2. The van der Waals surface area contributed by atoms with E-state index in [9.17, 15) is 4.79 Å². The Morgan fingerprint density at radius 2 is 1.85 bits per heavy atom. The molecule has 0 bridgehead atoms. The monoisotopic (exact) mass is 274 g/mol. The van der Waals surface area contributed by atoms with Gasteiger partial charge < -0.3 is 4.74 Å². The predicted molar refractivity (Wildman–Crippen MR) is 82.8 cm³/mol. The molecule has 2 rings (SSSR count). The number of ketones is 1. The minimum atomic E-state index is 0.133. The molecule has 0 heterocycles. The van der Waals surface area contributed by atoms with Gasteiger partial charge in [0.25, 0.3) is 0 Å². The van der Waals surface area contributed by atoms with Crippen LogP contribution in [0.5, 0.6) is 5.75 Å². The summed E-state index contributed by atoms with van der Waals surface area (Å²) in [6.07, 6.45) is 6.46. The van der Waals surface area contributed by atoms with Crippen LogP contribution < -0.4 is 4.74 Å². The van der Waals surface area contributed by atoms with Crippen molar-refractivity contribution in [2.75, 3.05) is 0 Å². The van der Waals surface area contributed by atoms with Crippen molar-refractivity contribution < 1.29 is 9.53 Å². The summed E-state index contributed by atoms with van der Waals surface area (Å²) in [6.45, 7) is 7.77. The zero-order chi connectivity index (χ0) is 14.7. The van der Waals surface area contributed by atoms with Crippen molar-refractivity contribution in [2.24, 2.45) is 0 Å². The predicted octanol–water partition coefficient (Wildman–Crippen LogP) is 5.03. The Labute approximate surface area is 122 Å². The Morgan fingerprint density at radius 3 is 2.40 bits per heavy atom. The summed E-state index contributed by atoms with van der Waals surface area (Å²) in [4.78, 5) is 12.0. The average Bonchev–Trinajstić information content (AvgIpc) is 2.41. The highest BCUT2D eigenvalue weighted by Crippen LogP contribution is 2.37. The molecule has 0 N–H and O–H groups in total. The van der Waals surface area contributed by atoms with Crippen LogP contribution in [0.2, 0.25) is 0 Å². The maximum Gasteiger partial charge on any atom is 0.160 e. The van der Waals surface area contributed by atoms with Crippen LogP contribution in [0.15, 0.2) is 12.1 Å². The Kier molecular flexibility index (Phi) is 4.85. The first-order valence-electron chi connectivity index (χ1n) is 7.81. The van der Waals surface area contributed by atoms with Gasteiger partial charge in [0.1, 0.15) is 5.75 Å². The molecule has 0 spiro atoms. The third-order valence-corrected chi connectivity index (χ3v) is 4.13. The first-order valence-corrected chi connectivity index (χ1v) is 7.81. The van der Waals surface area contributed by atoms with Crippen LogP contribution in [0.25, 0.3) is 0 Å². The molecular weight excluding hydrogens is 248 g/mol. The van der Waals surface area contributed by atoms with Gasteiger partial charge in [0, 0.05) is 5.56 Å². The summed E-state index contributed by atoms with van der Waals surface area (Å²) in [5.74, 6) is 1.55. The highest BCUT2D eigenvalue weighted by Gasteiger charge is 2.22. The minimum absolute atomic E-state index is 0.133. The second-order valence-corrected chi connectivity index (χ2v) is 6.26. The van der Waals surface area contributed by atoms with E-state index in [0.29, 0.717) is 5.92 Å². The first-order chi connectivity index (χ1) is 9.49. The van der Waals surface area contributed by atoms with Gasteiger partial charge in [-0.3, -0.25) is 4.79 Å². The van der Waals surface area contributed by atoms with Crippen molar-refractivity contribution in [2.45, 2.75) is 71.8 Å². The third-order valence-electron chi connectivity index (χ3n) is 4.13. The van der Waals surface area contributed by atoms with E-state index in [1.807, 2.05) is 19.9 Å². The molecule has 1 aliphatic carbocycles. The summed E-state index contributed by atoms with van der Waals surface area (Å²) in [5.41, 5.74) is 3.24. The number of ether oxygens (including phenoxy) is 1. The number of carbonyl (C=O) groups excluding carboxylic acids is 1. The molecule has 2 heteroatoms. The van der Waals surface area contributed by atoms with Gasteiger partial charge in [-0.25, -0.2) is 0 Å². The van der Waals surface area contributed by atoms with Crippen LogP contribution in [0, 0.1) is 6.92 Å². The minimum Gasteiger partial charge on any atom is -0.491 e. The number of rotatable bonds is 4. The van der Waals surface area contributed by atoms with E-state index in [-0.39, 0.29) is 11.9 Å². The lowest BCUT2D eigenvalue weighted by Crippen LogP contribution is -2.12. The molecule has 0 aliphatic heterocycles.